The number of benzene rings is 2. The van der Waals surface area contributed by atoms with Crippen molar-refractivity contribution in [2.45, 2.75) is 13.8 Å². The fourth-order valence-corrected chi connectivity index (χ4v) is 3.55. The minimum Gasteiger partial charge on any atom is -0.508 e. The molecule has 3 rings (SSSR count). The lowest BCUT2D eigenvalue weighted by Gasteiger charge is -2.37. The van der Waals surface area contributed by atoms with Gasteiger partial charge >= 0.3 is 0 Å². The highest BCUT2D eigenvalue weighted by molar-refractivity contribution is 6.01. The predicted molar refractivity (Wildman–Crippen MR) is 116 cm³/mol. The Morgan fingerprint density at radius 3 is 2.45 bits per heavy atom. The molecule has 1 heterocycles. The second-order valence-electron chi connectivity index (χ2n) is 7.39. The van der Waals surface area contributed by atoms with Crippen LogP contribution in [0.2, 0.25) is 0 Å². The molecule has 0 unspecified atom stereocenters. The van der Waals surface area contributed by atoms with Gasteiger partial charge in [0, 0.05) is 38.3 Å². The third-order valence-corrected chi connectivity index (χ3v) is 5.25. The Labute approximate surface area is 173 Å². The Morgan fingerprint density at radius 2 is 1.76 bits per heavy atom. The number of ether oxygens (including phenoxy) is 1. The lowest BCUT2D eigenvalue weighted by molar-refractivity contribution is 0.0652. The van der Waals surface area contributed by atoms with Crippen molar-refractivity contribution >= 4 is 11.5 Å². The molecule has 156 valence electrons. The van der Waals surface area contributed by atoms with E-state index in [9.17, 15) is 5.11 Å². The van der Waals surface area contributed by atoms with Gasteiger partial charge in [-0.1, -0.05) is 18.2 Å². The van der Waals surface area contributed by atoms with Crippen LogP contribution in [0, 0.1) is 13.8 Å². The number of amidine groups is 1. The molecule has 2 aromatic carbocycles. The number of piperazine rings is 1. The zero-order chi connectivity index (χ0) is 20.6. The van der Waals surface area contributed by atoms with Crippen molar-refractivity contribution in [3.05, 3.63) is 59.2 Å². The molecular weight excluding hydrogens is 366 g/mol. The van der Waals surface area contributed by atoms with Crippen LogP contribution in [0.25, 0.3) is 0 Å². The molecule has 0 aromatic heterocycles. The molecule has 0 bridgehead atoms. The summed E-state index contributed by atoms with van der Waals surface area (Å²) in [5.41, 5.74) is 4.17. The van der Waals surface area contributed by atoms with E-state index < -0.39 is 0 Å². The lowest BCUT2D eigenvalue weighted by Crippen LogP contribution is -2.49. The summed E-state index contributed by atoms with van der Waals surface area (Å²) < 4.78 is 5.40. The van der Waals surface area contributed by atoms with Gasteiger partial charge in [0.2, 0.25) is 0 Å². The summed E-state index contributed by atoms with van der Waals surface area (Å²) in [6.45, 7) is 9.69. The number of phenolic OH excluding ortho intramolecular Hbond substituents is 1. The van der Waals surface area contributed by atoms with Gasteiger partial charge in [-0.25, -0.2) is 4.99 Å². The molecule has 1 aliphatic rings. The minimum absolute atomic E-state index is 0.0679. The van der Waals surface area contributed by atoms with E-state index in [4.69, 9.17) is 14.8 Å². The van der Waals surface area contributed by atoms with Crippen LogP contribution in [0.15, 0.2) is 47.5 Å². The average molecular weight is 398 g/mol. The van der Waals surface area contributed by atoms with E-state index in [1.165, 1.54) is 0 Å². The molecule has 1 saturated heterocycles. The molecule has 0 atom stereocenters. The fraction of sp³-hybridized carbons (Fsp3) is 0.435. The van der Waals surface area contributed by atoms with E-state index in [2.05, 4.69) is 22.8 Å². The number of phenols is 1. The van der Waals surface area contributed by atoms with Gasteiger partial charge in [0.1, 0.15) is 11.6 Å². The number of aliphatic hydroxyl groups excluding tert-OH is 1. The highest BCUT2D eigenvalue weighted by atomic mass is 16.5. The van der Waals surface area contributed by atoms with Gasteiger partial charge in [0.25, 0.3) is 0 Å². The lowest BCUT2D eigenvalue weighted by atomic mass is 10.1. The third-order valence-electron chi connectivity index (χ3n) is 5.25. The van der Waals surface area contributed by atoms with Crippen molar-refractivity contribution in [3.63, 3.8) is 0 Å². The highest BCUT2D eigenvalue weighted by Gasteiger charge is 2.22. The predicted octanol–water partition coefficient (Wildman–Crippen LogP) is 2.71. The summed E-state index contributed by atoms with van der Waals surface area (Å²) in [6.07, 6.45) is 0. The zero-order valence-corrected chi connectivity index (χ0v) is 17.3. The van der Waals surface area contributed by atoms with E-state index in [0.717, 1.165) is 60.9 Å². The van der Waals surface area contributed by atoms with Crippen molar-refractivity contribution in [1.82, 2.24) is 9.80 Å². The molecular formula is C23H31N3O3. The summed E-state index contributed by atoms with van der Waals surface area (Å²) in [6, 6.07) is 13.6. The Morgan fingerprint density at radius 1 is 1.00 bits per heavy atom. The maximum Gasteiger partial charge on any atom is 0.136 e. The molecule has 0 spiro atoms. The number of aliphatic imine (C=N–C) groups is 1. The summed E-state index contributed by atoms with van der Waals surface area (Å²) in [5, 5.41) is 18.6. The number of aliphatic hydroxyl groups is 1. The topological polar surface area (TPSA) is 68.5 Å². The Bertz CT molecular complexity index is 830. The van der Waals surface area contributed by atoms with Crippen LogP contribution in [0.3, 0.4) is 0 Å². The molecule has 29 heavy (non-hydrogen) atoms. The normalized spacial score (nSPS) is 15.7. The van der Waals surface area contributed by atoms with Crippen LogP contribution in [0.5, 0.6) is 5.75 Å². The smallest absolute Gasteiger partial charge is 0.136 e. The molecule has 0 aliphatic carbocycles. The number of aryl methyl sites for hydroxylation is 2. The highest BCUT2D eigenvalue weighted by Crippen LogP contribution is 2.24. The van der Waals surface area contributed by atoms with Gasteiger partial charge in [-0.3, -0.25) is 4.90 Å². The first-order chi connectivity index (χ1) is 14.1. The molecule has 0 radical (unpaired) electrons. The quantitative estimate of drug-likeness (QED) is 0.427. The third kappa shape index (κ3) is 5.79. The van der Waals surface area contributed by atoms with E-state index >= 15 is 0 Å². The number of hydrogen-bond donors (Lipinski definition) is 2. The van der Waals surface area contributed by atoms with Crippen molar-refractivity contribution in [1.29, 1.82) is 0 Å². The first kappa shape index (κ1) is 21.3. The maximum atomic E-state index is 9.83. The van der Waals surface area contributed by atoms with Crippen LogP contribution < -0.4 is 0 Å². The standard InChI is InChI=1S/C23H31N3O3/c1-18-5-3-4-6-22(18)24-23(21-8-7-20(28)17-19(21)2)26-11-9-25(10-12-26)13-15-29-16-14-27/h3-8,17,27-28H,9-16H2,1-2H3. The van der Waals surface area contributed by atoms with Crippen molar-refractivity contribution in [2.24, 2.45) is 4.99 Å². The Kier molecular flexibility index (Phi) is 7.63. The molecule has 2 N–H and O–H groups in total. The van der Waals surface area contributed by atoms with Crippen molar-refractivity contribution in [2.75, 3.05) is 52.5 Å². The first-order valence-electron chi connectivity index (χ1n) is 10.2. The second-order valence-corrected chi connectivity index (χ2v) is 7.39. The molecule has 0 saturated carbocycles. The van der Waals surface area contributed by atoms with Gasteiger partial charge < -0.3 is 19.8 Å². The summed E-state index contributed by atoms with van der Waals surface area (Å²) in [4.78, 5) is 9.75. The van der Waals surface area contributed by atoms with Crippen LogP contribution >= 0.6 is 0 Å². The molecule has 6 nitrogen and oxygen atoms in total. The molecule has 1 aliphatic heterocycles. The molecule has 1 fully saturated rings. The summed E-state index contributed by atoms with van der Waals surface area (Å²) in [5.74, 6) is 1.22. The van der Waals surface area contributed by atoms with Gasteiger partial charge in [-0.2, -0.15) is 0 Å². The number of nitrogens with zero attached hydrogens (tertiary/aromatic N) is 3. The molecule has 0 amide bonds. The molecule has 2 aromatic rings. The number of aromatic hydroxyl groups is 1. The molecule has 6 heteroatoms. The fourth-order valence-electron chi connectivity index (χ4n) is 3.55. The number of para-hydroxylation sites is 1. The van der Waals surface area contributed by atoms with Crippen molar-refractivity contribution in [3.8, 4) is 5.75 Å². The van der Waals surface area contributed by atoms with E-state index in [0.29, 0.717) is 13.2 Å². The maximum absolute atomic E-state index is 9.83. The zero-order valence-electron chi connectivity index (χ0n) is 17.3. The number of rotatable bonds is 7. The summed E-state index contributed by atoms with van der Waals surface area (Å²) in [7, 11) is 0. The van der Waals surface area contributed by atoms with E-state index in [1.54, 1.807) is 12.1 Å². The Balaban J connectivity index is 1.79. The number of hydrogen-bond acceptors (Lipinski definition) is 5. The van der Waals surface area contributed by atoms with Crippen molar-refractivity contribution < 1.29 is 14.9 Å². The first-order valence-corrected chi connectivity index (χ1v) is 10.2. The second kappa shape index (κ2) is 10.4. The van der Waals surface area contributed by atoms with Crippen LogP contribution in [0.4, 0.5) is 5.69 Å². The van der Waals surface area contributed by atoms with E-state index in [1.807, 2.05) is 31.2 Å². The largest absolute Gasteiger partial charge is 0.508 e. The van der Waals surface area contributed by atoms with Crippen LogP contribution in [0.1, 0.15) is 16.7 Å². The van der Waals surface area contributed by atoms with Crippen LogP contribution in [-0.4, -0.2) is 78.4 Å². The minimum atomic E-state index is 0.0679. The van der Waals surface area contributed by atoms with Crippen LogP contribution in [-0.2, 0) is 4.74 Å². The van der Waals surface area contributed by atoms with Gasteiger partial charge in [0.05, 0.1) is 25.5 Å². The Hall–Kier alpha value is -2.41. The monoisotopic (exact) mass is 397 g/mol. The van der Waals surface area contributed by atoms with Gasteiger partial charge in [-0.05, 0) is 49.2 Å². The van der Waals surface area contributed by atoms with Gasteiger partial charge in [-0.15, -0.1) is 0 Å². The average Bonchev–Trinajstić information content (AvgIpc) is 2.72. The SMILES string of the molecule is Cc1ccccc1N=C(c1ccc(O)cc1C)N1CCN(CCOCCO)CC1. The van der Waals surface area contributed by atoms with Gasteiger partial charge in [0.15, 0.2) is 0 Å². The van der Waals surface area contributed by atoms with E-state index in [-0.39, 0.29) is 12.4 Å². The summed E-state index contributed by atoms with van der Waals surface area (Å²) >= 11 is 0.